The number of methoxy groups -OCH3 is 1. The molecule has 0 radical (unpaired) electrons. The van der Waals surface area contributed by atoms with Gasteiger partial charge in [0.05, 0.1) is 12.3 Å². The van der Waals surface area contributed by atoms with Gasteiger partial charge in [-0.2, -0.15) is 0 Å². The van der Waals surface area contributed by atoms with Gasteiger partial charge < -0.3 is 20.9 Å². The van der Waals surface area contributed by atoms with Crippen molar-refractivity contribution in [1.29, 1.82) is 0 Å². The number of rotatable bonds is 5. The molecule has 20 heavy (non-hydrogen) atoms. The normalized spacial score (nSPS) is 10.2. The topological polar surface area (TPSA) is 87.6 Å². The molecule has 0 spiro atoms. The maximum absolute atomic E-state index is 11.1. The van der Waals surface area contributed by atoms with E-state index < -0.39 is 5.91 Å². The fourth-order valence-corrected chi connectivity index (χ4v) is 1.79. The molecule has 4 N–H and O–H groups in total. The van der Waals surface area contributed by atoms with Crippen LogP contribution in [-0.4, -0.2) is 13.0 Å². The number of hydrogen-bond donors (Lipinski definition) is 2. The third-order valence-corrected chi connectivity index (χ3v) is 2.73. The van der Waals surface area contributed by atoms with E-state index in [0.29, 0.717) is 29.4 Å². The number of nitrogen functional groups attached to an aromatic ring is 1. The van der Waals surface area contributed by atoms with E-state index in [0.717, 1.165) is 5.56 Å². The van der Waals surface area contributed by atoms with Crippen molar-refractivity contribution >= 4 is 11.6 Å². The molecule has 0 aliphatic carbocycles. The van der Waals surface area contributed by atoms with Crippen LogP contribution >= 0.6 is 0 Å². The lowest BCUT2D eigenvalue weighted by Crippen LogP contribution is -2.11. The fraction of sp³-hybridized carbons (Fsp3) is 0.133. The number of amides is 1. The molecule has 5 heteroatoms. The van der Waals surface area contributed by atoms with Crippen LogP contribution in [0, 0.1) is 0 Å². The van der Waals surface area contributed by atoms with Crippen LogP contribution < -0.4 is 16.2 Å². The van der Waals surface area contributed by atoms with E-state index in [1.165, 1.54) is 6.07 Å². The van der Waals surface area contributed by atoms with E-state index in [2.05, 4.69) is 0 Å². The third-order valence-electron chi connectivity index (χ3n) is 2.73. The third kappa shape index (κ3) is 3.27. The Morgan fingerprint density at radius 1 is 1.20 bits per heavy atom. The van der Waals surface area contributed by atoms with Gasteiger partial charge in [0.25, 0.3) is 0 Å². The molecular weight excluding hydrogens is 256 g/mol. The summed E-state index contributed by atoms with van der Waals surface area (Å²) < 4.78 is 10.8. The summed E-state index contributed by atoms with van der Waals surface area (Å²) in [5.74, 6) is 0.605. The number of primary amides is 1. The van der Waals surface area contributed by atoms with Gasteiger partial charge in [-0.25, -0.2) is 0 Å². The Kier molecular flexibility index (Phi) is 4.22. The second-order valence-electron chi connectivity index (χ2n) is 4.30. The Morgan fingerprint density at radius 2 is 2.00 bits per heavy atom. The molecule has 0 saturated heterocycles. The number of ether oxygens (including phenoxy) is 2. The minimum atomic E-state index is -0.523. The Hall–Kier alpha value is -2.53. The van der Waals surface area contributed by atoms with Crippen LogP contribution in [0.25, 0.3) is 0 Å². The highest BCUT2D eigenvalue weighted by atomic mass is 16.5. The zero-order valence-corrected chi connectivity index (χ0v) is 11.1. The van der Waals surface area contributed by atoms with Crippen molar-refractivity contribution in [3.63, 3.8) is 0 Å². The van der Waals surface area contributed by atoms with Crippen molar-refractivity contribution in [1.82, 2.24) is 0 Å². The SMILES string of the molecule is COCc1cccc(Oc2ccc(C(N)=O)cc2N)c1. The summed E-state index contributed by atoms with van der Waals surface area (Å²) in [6.45, 7) is 0.507. The lowest BCUT2D eigenvalue weighted by Gasteiger charge is -2.10. The van der Waals surface area contributed by atoms with Gasteiger partial charge in [-0.3, -0.25) is 4.79 Å². The molecule has 0 heterocycles. The minimum Gasteiger partial charge on any atom is -0.455 e. The van der Waals surface area contributed by atoms with Gasteiger partial charge >= 0.3 is 0 Å². The first-order chi connectivity index (χ1) is 9.60. The van der Waals surface area contributed by atoms with Gasteiger partial charge in [0.2, 0.25) is 5.91 Å². The standard InChI is InChI=1S/C15H16N2O3/c1-19-9-10-3-2-4-12(7-10)20-14-6-5-11(15(17)18)8-13(14)16/h2-8H,9,16H2,1H3,(H2,17,18). The molecule has 2 aromatic rings. The number of carbonyl (C=O) groups excluding carboxylic acids is 1. The molecule has 2 aromatic carbocycles. The number of hydrogen-bond acceptors (Lipinski definition) is 4. The quantitative estimate of drug-likeness (QED) is 0.817. The molecule has 5 nitrogen and oxygen atoms in total. The highest BCUT2D eigenvalue weighted by Gasteiger charge is 2.07. The van der Waals surface area contributed by atoms with Crippen LogP contribution in [0.2, 0.25) is 0 Å². The van der Waals surface area contributed by atoms with Crippen LogP contribution in [0.5, 0.6) is 11.5 Å². The zero-order valence-electron chi connectivity index (χ0n) is 11.1. The Balaban J connectivity index is 2.21. The Bertz CT molecular complexity index is 626. The number of carbonyl (C=O) groups is 1. The van der Waals surface area contributed by atoms with Crippen molar-refractivity contribution in [2.75, 3.05) is 12.8 Å². The molecular formula is C15H16N2O3. The first kappa shape index (κ1) is 13.9. The molecule has 2 rings (SSSR count). The summed E-state index contributed by atoms with van der Waals surface area (Å²) >= 11 is 0. The average molecular weight is 272 g/mol. The monoisotopic (exact) mass is 272 g/mol. The van der Waals surface area contributed by atoms with E-state index in [1.807, 2.05) is 24.3 Å². The van der Waals surface area contributed by atoms with Gasteiger partial charge in [0.1, 0.15) is 11.5 Å². The second-order valence-corrected chi connectivity index (χ2v) is 4.30. The first-order valence-electron chi connectivity index (χ1n) is 6.05. The molecule has 0 aromatic heterocycles. The summed E-state index contributed by atoms with van der Waals surface area (Å²) in [5.41, 5.74) is 12.7. The van der Waals surface area contributed by atoms with E-state index >= 15 is 0 Å². The van der Waals surface area contributed by atoms with E-state index in [4.69, 9.17) is 20.9 Å². The highest BCUT2D eigenvalue weighted by Crippen LogP contribution is 2.28. The highest BCUT2D eigenvalue weighted by molar-refractivity contribution is 5.94. The van der Waals surface area contributed by atoms with Gasteiger partial charge in [-0.1, -0.05) is 12.1 Å². The van der Waals surface area contributed by atoms with Crippen molar-refractivity contribution in [2.24, 2.45) is 5.73 Å². The number of anilines is 1. The number of benzene rings is 2. The van der Waals surface area contributed by atoms with Crippen LogP contribution in [0.15, 0.2) is 42.5 Å². The van der Waals surface area contributed by atoms with Crippen molar-refractivity contribution < 1.29 is 14.3 Å². The predicted octanol–water partition coefficient (Wildman–Crippen LogP) is 2.31. The fourth-order valence-electron chi connectivity index (χ4n) is 1.79. The van der Waals surface area contributed by atoms with Crippen LogP contribution in [0.3, 0.4) is 0 Å². The molecule has 0 saturated carbocycles. The van der Waals surface area contributed by atoms with Crippen molar-refractivity contribution in [3.8, 4) is 11.5 Å². The van der Waals surface area contributed by atoms with E-state index in [1.54, 1.807) is 19.2 Å². The summed E-state index contributed by atoms with van der Waals surface area (Å²) in [7, 11) is 1.63. The van der Waals surface area contributed by atoms with E-state index in [-0.39, 0.29) is 0 Å². The summed E-state index contributed by atoms with van der Waals surface area (Å²) in [6.07, 6.45) is 0. The minimum absolute atomic E-state index is 0.350. The summed E-state index contributed by atoms with van der Waals surface area (Å²) in [5, 5.41) is 0. The molecule has 0 fully saturated rings. The molecule has 0 bridgehead atoms. The van der Waals surface area contributed by atoms with Crippen LogP contribution in [0.4, 0.5) is 5.69 Å². The van der Waals surface area contributed by atoms with Gasteiger partial charge in [0, 0.05) is 12.7 Å². The van der Waals surface area contributed by atoms with E-state index in [9.17, 15) is 4.79 Å². The van der Waals surface area contributed by atoms with Gasteiger partial charge in [-0.15, -0.1) is 0 Å². The first-order valence-corrected chi connectivity index (χ1v) is 6.05. The summed E-state index contributed by atoms with van der Waals surface area (Å²) in [6, 6.07) is 12.2. The Morgan fingerprint density at radius 3 is 2.65 bits per heavy atom. The van der Waals surface area contributed by atoms with Crippen molar-refractivity contribution in [2.45, 2.75) is 6.61 Å². The Labute approximate surface area is 117 Å². The summed E-state index contributed by atoms with van der Waals surface area (Å²) in [4.78, 5) is 11.1. The number of nitrogens with two attached hydrogens (primary N) is 2. The van der Waals surface area contributed by atoms with Crippen molar-refractivity contribution in [3.05, 3.63) is 53.6 Å². The van der Waals surface area contributed by atoms with Gasteiger partial charge in [0.15, 0.2) is 0 Å². The lowest BCUT2D eigenvalue weighted by molar-refractivity contribution is 0.100. The molecule has 104 valence electrons. The average Bonchev–Trinajstić information content (AvgIpc) is 2.42. The molecule has 0 aliphatic heterocycles. The zero-order chi connectivity index (χ0) is 14.5. The predicted molar refractivity (Wildman–Crippen MR) is 76.6 cm³/mol. The smallest absolute Gasteiger partial charge is 0.248 e. The van der Waals surface area contributed by atoms with Crippen LogP contribution in [0.1, 0.15) is 15.9 Å². The maximum atomic E-state index is 11.1. The molecule has 1 amide bonds. The maximum Gasteiger partial charge on any atom is 0.248 e. The van der Waals surface area contributed by atoms with Crippen LogP contribution in [-0.2, 0) is 11.3 Å². The van der Waals surface area contributed by atoms with Gasteiger partial charge in [-0.05, 0) is 35.9 Å². The largest absolute Gasteiger partial charge is 0.455 e. The second kappa shape index (κ2) is 6.08. The molecule has 0 atom stereocenters. The molecule has 0 unspecified atom stereocenters. The molecule has 0 aliphatic rings. The lowest BCUT2D eigenvalue weighted by atomic mass is 10.2.